The molecule has 1 aromatic rings. The first kappa shape index (κ1) is 12.7. The molecule has 1 saturated heterocycles. The molecule has 0 saturated carbocycles. The van der Waals surface area contributed by atoms with Crippen LogP contribution in [-0.2, 0) is 0 Å². The zero-order valence-electron chi connectivity index (χ0n) is 10.2. The van der Waals surface area contributed by atoms with Crippen LogP contribution in [0.15, 0.2) is 0 Å². The number of aromatic nitrogens is 3. The second-order valence-corrected chi connectivity index (χ2v) is 5.70. The van der Waals surface area contributed by atoms with Gasteiger partial charge >= 0.3 is 0 Å². The predicted molar refractivity (Wildman–Crippen MR) is 73.3 cm³/mol. The lowest BCUT2D eigenvalue weighted by Gasteiger charge is -2.33. The van der Waals surface area contributed by atoms with Gasteiger partial charge in [0.25, 0.3) is 0 Å². The lowest BCUT2D eigenvalue weighted by atomic mass is 10.3. The summed E-state index contributed by atoms with van der Waals surface area (Å²) in [4.78, 5) is 16.8. The molecule has 2 heterocycles. The maximum absolute atomic E-state index is 5.94. The highest BCUT2D eigenvalue weighted by atomic mass is 35.5. The molecule has 1 fully saturated rings. The Balaban J connectivity index is 2.30. The number of hydrogen-bond donors (Lipinski definition) is 0. The molecule has 2 rings (SSSR count). The number of thioether (sulfide) groups is 1. The Bertz CT molecular complexity index is 400. The SMILES string of the molecule is CC1CSCCN1c1nc(Cl)nc(N(C)C)n1. The zero-order chi connectivity index (χ0) is 12.4. The molecule has 94 valence electrons. The summed E-state index contributed by atoms with van der Waals surface area (Å²) in [6.07, 6.45) is 0. The van der Waals surface area contributed by atoms with Crippen molar-refractivity contribution in [2.24, 2.45) is 0 Å². The Labute approximate surface area is 111 Å². The Morgan fingerprint density at radius 3 is 2.76 bits per heavy atom. The van der Waals surface area contributed by atoms with Crippen LogP contribution in [0.2, 0.25) is 5.28 Å². The van der Waals surface area contributed by atoms with Crippen molar-refractivity contribution >= 4 is 35.3 Å². The van der Waals surface area contributed by atoms with Crippen LogP contribution < -0.4 is 9.80 Å². The van der Waals surface area contributed by atoms with E-state index in [-0.39, 0.29) is 5.28 Å². The van der Waals surface area contributed by atoms with E-state index in [0.717, 1.165) is 18.1 Å². The second kappa shape index (κ2) is 5.27. The molecule has 17 heavy (non-hydrogen) atoms. The van der Waals surface area contributed by atoms with Crippen LogP contribution in [0.4, 0.5) is 11.9 Å². The summed E-state index contributed by atoms with van der Waals surface area (Å²) in [6.45, 7) is 3.14. The van der Waals surface area contributed by atoms with E-state index in [0.29, 0.717) is 17.9 Å². The fourth-order valence-corrected chi connectivity index (χ4v) is 2.85. The number of nitrogens with zero attached hydrogens (tertiary/aromatic N) is 5. The molecule has 0 radical (unpaired) electrons. The Hall–Kier alpha value is -0.750. The lowest BCUT2D eigenvalue weighted by Crippen LogP contribution is -2.41. The molecule has 0 bridgehead atoms. The second-order valence-electron chi connectivity index (χ2n) is 4.22. The van der Waals surface area contributed by atoms with Gasteiger partial charge in [-0.1, -0.05) is 0 Å². The van der Waals surface area contributed by atoms with Gasteiger partial charge in [-0.25, -0.2) is 0 Å². The third-order valence-electron chi connectivity index (χ3n) is 2.61. The molecule has 0 aliphatic carbocycles. The van der Waals surface area contributed by atoms with E-state index in [1.807, 2.05) is 30.8 Å². The third kappa shape index (κ3) is 2.93. The van der Waals surface area contributed by atoms with Crippen molar-refractivity contribution < 1.29 is 0 Å². The van der Waals surface area contributed by atoms with Crippen molar-refractivity contribution in [1.29, 1.82) is 0 Å². The molecule has 7 heteroatoms. The predicted octanol–water partition coefficient (Wildman–Crippen LogP) is 1.53. The summed E-state index contributed by atoms with van der Waals surface area (Å²) in [7, 11) is 3.79. The van der Waals surface area contributed by atoms with Crippen molar-refractivity contribution in [1.82, 2.24) is 15.0 Å². The van der Waals surface area contributed by atoms with Gasteiger partial charge in [-0.15, -0.1) is 0 Å². The maximum atomic E-state index is 5.94. The van der Waals surface area contributed by atoms with E-state index in [9.17, 15) is 0 Å². The standard InChI is InChI=1S/C10H16ClN5S/c1-7-6-17-5-4-16(7)10-13-8(11)12-9(14-10)15(2)3/h7H,4-6H2,1-3H3. The molecule has 5 nitrogen and oxygen atoms in total. The quantitative estimate of drug-likeness (QED) is 0.814. The van der Waals surface area contributed by atoms with Crippen LogP contribution in [-0.4, -0.2) is 53.1 Å². The highest BCUT2D eigenvalue weighted by Gasteiger charge is 2.22. The van der Waals surface area contributed by atoms with Crippen molar-refractivity contribution in [3.63, 3.8) is 0 Å². The fraction of sp³-hybridized carbons (Fsp3) is 0.700. The molecular weight excluding hydrogens is 258 g/mol. The van der Waals surface area contributed by atoms with Gasteiger partial charge < -0.3 is 9.80 Å². The Kier molecular flexibility index (Phi) is 3.93. The third-order valence-corrected chi connectivity index (χ3v) is 3.97. The van der Waals surface area contributed by atoms with Gasteiger partial charge in [-0.05, 0) is 18.5 Å². The van der Waals surface area contributed by atoms with Gasteiger partial charge in [0, 0.05) is 38.2 Å². The summed E-state index contributed by atoms with van der Waals surface area (Å²) in [5.41, 5.74) is 0. The fourth-order valence-electron chi connectivity index (χ4n) is 1.68. The molecule has 1 aromatic heterocycles. The molecule has 0 amide bonds. The van der Waals surface area contributed by atoms with Crippen molar-refractivity contribution in [2.45, 2.75) is 13.0 Å². The summed E-state index contributed by atoms with van der Waals surface area (Å²) in [5, 5.41) is 0.254. The minimum Gasteiger partial charge on any atom is -0.347 e. The normalized spacial score (nSPS) is 20.5. The summed E-state index contributed by atoms with van der Waals surface area (Å²) >= 11 is 7.90. The monoisotopic (exact) mass is 273 g/mol. The summed E-state index contributed by atoms with van der Waals surface area (Å²) in [5.74, 6) is 3.48. The van der Waals surface area contributed by atoms with Crippen LogP contribution in [0, 0.1) is 0 Å². The maximum Gasteiger partial charge on any atom is 0.231 e. The van der Waals surface area contributed by atoms with Crippen molar-refractivity contribution in [2.75, 3.05) is 41.9 Å². The molecule has 1 unspecified atom stereocenters. The zero-order valence-corrected chi connectivity index (χ0v) is 11.8. The van der Waals surface area contributed by atoms with E-state index >= 15 is 0 Å². The first-order valence-corrected chi connectivity index (χ1v) is 7.04. The van der Waals surface area contributed by atoms with Gasteiger partial charge in [0.05, 0.1) is 0 Å². The first-order chi connectivity index (χ1) is 8.08. The highest BCUT2D eigenvalue weighted by Crippen LogP contribution is 2.22. The lowest BCUT2D eigenvalue weighted by molar-refractivity contribution is 0.674. The molecule has 0 N–H and O–H groups in total. The summed E-state index contributed by atoms with van der Waals surface area (Å²) in [6, 6.07) is 0.433. The Morgan fingerprint density at radius 2 is 2.12 bits per heavy atom. The van der Waals surface area contributed by atoms with E-state index < -0.39 is 0 Å². The number of rotatable bonds is 2. The van der Waals surface area contributed by atoms with Gasteiger partial charge in [-0.3, -0.25) is 0 Å². The molecule has 1 atom stereocenters. The highest BCUT2D eigenvalue weighted by molar-refractivity contribution is 7.99. The van der Waals surface area contributed by atoms with Gasteiger partial charge in [0.15, 0.2) is 0 Å². The molecular formula is C10H16ClN5S. The molecule has 0 aromatic carbocycles. The number of anilines is 2. The average molecular weight is 274 g/mol. The van der Waals surface area contributed by atoms with Crippen LogP contribution in [0.1, 0.15) is 6.92 Å². The van der Waals surface area contributed by atoms with Gasteiger partial charge in [0.2, 0.25) is 17.2 Å². The first-order valence-electron chi connectivity index (χ1n) is 5.51. The minimum atomic E-state index is 0.254. The van der Waals surface area contributed by atoms with Crippen LogP contribution >= 0.6 is 23.4 Å². The van der Waals surface area contributed by atoms with Gasteiger partial charge in [0.1, 0.15) is 0 Å². The average Bonchev–Trinajstić information content (AvgIpc) is 2.28. The minimum absolute atomic E-state index is 0.254. The van der Waals surface area contributed by atoms with Crippen LogP contribution in [0.3, 0.4) is 0 Å². The molecule has 1 aliphatic heterocycles. The van der Waals surface area contributed by atoms with Crippen LogP contribution in [0.5, 0.6) is 0 Å². The molecule has 0 spiro atoms. The topological polar surface area (TPSA) is 45.2 Å². The van der Waals surface area contributed by atoms with Crippen LogP contribution in [0.25, 0.3) is 0 Å². The van der Waals surface area contributed by atoms with E-state index in [1.165, 1.54) is 0 Å². The van der Waals surface area contributed by atoms with E-state index in [1.54, 1.807) is 0 Å². The number of hydrogen-bond acceptors (Lipinski definition) is 6. The molecule has 1 aliphatic rings. The van der Waals surface area contributed by atoms with Gasteiger partial charge in [-0.2, -0.15) is 26.7 Å². The summed E-state index contributed by atoms with van der Waals surface area (Å²) < 4.78 is 0. The van der Waals surface area contributed by atoms with Crippen molar-refractivity contribution in [3.05, 3.63) is 5.28 Å². The largest absolute Gasteiger partial charge is 0.347 e. The number of halogens is 1. The Morgan fingerprint density at radius 1 is 1.35 bits per heavy atom. The van der Waals surface area contributed by atoms with Crippen molar-refractivity contribution in [3.8, 4) is 0 Å². The van der Waals surface area contributed by atoms with E-state index in [2.05, 4.69) is 26.8 Å². The smallest absolute Gasteiger partial charge is 0.231 e. The van der Waals surface area contributed by atoms with E-state index in [4.69, 9.17) is 11.6 Å².